The maximum atomic E-state index is 13.0. The first-order valence-corrected chi connectivity index (χ1v) is 34.7. The van der Waals surface area contributed by atoms with E-state index in [2.05, 4.69) is 12.5 Å². The molecule has 0 bridgehead atoms. The zero-order valence-corrected chi connectivity index (χ0v) is 52.2. The number of hydrogen-bond donors (Lipinski definition) is 22. The standard InChI is InChI=1S/C38H63N3O49S6/c1-2-76-36-24(88-94(67,68)69)16(49)21(27(85-36)30(52)53)83-34-10(40-92(61,62)63)14(47)19(7(4-43)78-34)81-38-26(90-96(73,74)75)18(51)23(29(87-38)32(56)57)84-35-11(41-93(64,65)66)15(48)20(8(5-44)79-35)80-37-25(89-95(70,71)72)17(50)22(28(86-37)31(54)55)82-33-9(39-91(58,59)60)13(46)12(45)6(3-42)77-33/h6-29,33-51H,2-5H2,1H3,(H,52,53)(H,54,55)(H,56,57)(H,58,59,60)(H,61,62,63)(H,64,65,66)(H,67,68,69)(H,70,71,72)(H,73,74,75)/t6-,7-,8-,9-,10-,11-,12-,13-,14-,15-,16+,17+,18+,19-,20-,21+,22+,23+,24-,25-,26-,27-,28-,29-,33-,34-,35-,36-,37-,38-/m1/s1. The molecule has 0 aromatic carbocycles. The van der Waals surface area contributed by atoms with Crippen LogP contribution in [0.3, 0.4) is 0 Å². The van der Waals surface area contributed by atoms with Gasteiger partial charge in [0.2, 0.25) is 0 Å². The Kier molecular flexibility index (Phi) is 27.2. The molecule has 6 heterocycles. The van der Waals surface area contributed by atoms with E-state index in [0.29, 0.717) is 0 Å². The summed E-state index contributed by atoms with van der Waals surface area (Å²) in [6, 6.07) is -8.06. The molecular formula is C38H63N3O49S6. The quantitative estimate of drug-likeness (QED) is 0.0297. The zero-order valence-electron chi connectivity index (χ0n) is 47.3. The molecule has 0 aliphatic carbocycles. The van der Waals surface area contributed by atoms with Crippen LogP contribution >= 0.6 is 0 Å². The number of ether oxygens (including phenoxy) is 12. The SMILES string of the molecule is CCO[C@@H]1O[C@@H](C(=O)O)[C@@H](O[C@H]2O[C@H](CO)[C@@H](O[C@@H]3O[C@@H](C(=O)O)[C@@H](O[C@H]4O[C@H](CO)[C@@H](O[C@@H]5O[C@@H](C(=O)O)[C@@H](O[C@H]6O[C@H](CO)[C@@H](O)[C@H](O)[C@H]6NS(=O)(=O)O)[C@H](O)[C@H]5OS(=O)(=O)O)[C@H](O)[C@H]4NS(=O)(=O)O)[C@H](O)[C@H]3OS(=O)(=O)O)[C@H](O)[C@H]2NS(=O)(=O)O)[C@H](O)[C@H]1OS(=O)(=O)O. The summed E-state index contributed by atoms with van der Waals surface area (Å²) in [5.74, 6) is -6.81. The minimum Gasteiger partial charge on any atom is -0.479 e. The highest BCUT2D eigenvalue weighted by molar-refractivity contribution is 7.84. The van der Waals surface area contributed by atoms with Crippen LogP contribution in [0.1, 0.15) is 6.92 Å². The third-order valence-electron chi connectivity index (χ3n) is 14.2. The van der Waals surface area contributed by atoms with E-state index in [-0.39, 0.29) is 0 Å². The topological polar surface area (TPSA) is 815 Å². The predicted molar refractivity (Wildman–Crippen MR) is 279 cm³/mol. The molecule has 0 saturated carbocycles. The number of carbonyl (C=O) groups is 3. The van der Waals surface area contributed by atoms with E-state index in [1.165, 1.54) is 21.1 Å². The van der Waals surface area contributed by atoms with Crippen molar-refractivity contribution in [2.75, 3.05) is 26.4 Å². The molecule has 52 nitrogen and oxygen atoms in total. The van der Waals surface area contributed by atoms with E-state index in [1.807, 2.05) is 0 Å². The summed E-state index contributed by atoms with van der Waals surface area (Å²) in [5.41, 5.74) is 0. The fourth-order valence-electron chi connectivity index (χ4n) is 10.3. The lowest BCUT2D eigenvalue weighted by Gasteiger charge is -2.50. The fraction of sp³-hybridized carbons (Fsp3) is 0.921. The van der Waals surface area contributed by atoms with Gasteiger partial charge in [-0.1, -0.05) is 0 Å². The van der Waals surface area contributed by atoms with Crippen molar-refractivity contribution in [3.05, 3.63) is 0 Å². The average molecular weight is 1540 g/mol. The Morgan fingerprint density at radius 3 is 0.865 bits per heavy atom. The molecule has 0 aromatic rings. The van der Waals surface area contributed by atoms with Crippen molar-refractivity contribution in [3.63, 3.8) is 0 Å². The smallest absolute Gasteiger partial charge is 0.397 e. The molecule has 6 rings (SSSR count). The highest BCUT2D eigenvalue weighted by atomic mass is 32.3. The number of aliphatic hydroxyl groups is 10. The Morgan fingerprint density at radius 2 is 0.604 bits per heavy atom. The van der Waals surface area contributed by atoms with Crippen LogP contribution in [0.2, 0.25) is 0 Å². The number of hydrogen-bond acceptors (Lipinski definition) is 40. The Bertz CT molecular complexity index is 3390. The minimum atomic E-state index is -6.11. The molecule has 6 aliphatic rings. The van der Waals surface area contributed by atoms with Gasteiger partial charge in [0.1, 0.15) is 110 Å². The molecule has 6 saturated heterocycles. The van der Waals surface area contributed by atoms with E-state index in [0.717, 1.165) is 0 Å². The largest absolute Gasteiger partial charge is 0.479 e. The highest BCUT2D eigenvalue weighted by Crippen LogP contribution is 2.39. The van der Waals surface area contributed by atoms with E-state index in [4.69, 9.17) is 56.8 Å². The fourth-order valence-corrected chi connectivity index (χ4v) is 13.6. The van der Waals surface area contributed by atoms with Crippen LogP contribution in [-0.2, 0) is 146 Å². The van der Waals surface area contributed by atoms with Crippen LogP contribution < -0.4 is 14.2 Å². The maximum Gasteiger partial charge on any atom is 0.397 e. The van der Waals surface area contributed by atoms with Gasteiger partial charge in [0.15, 0.2) is 74.4 Å². The van der Waals surface area contributed by atoms with Crippen molar-refractivity contribution in [2.24, 2.45) is 0 Å². The second-order valence-corrected chi connectivity index (χ2v) is 27.4. The second-order valence-electron chi connectivity index (χ2n) is 20.7. The summed E-state index contributed by atoms with van der Waals surface area (Å²) < 4.78 is 286. The van der Waals surface area contributed by atoms with E-state index in [1.54, 1.807) is 0 Å². The van der Waals surface area contributed by atoms with Crippen molar-refractivity contribution in [3.8, 4) is 0 Å². The first-order valence-electron chi connectivity index (χ1n) is 26.3. The Hall–Kier alpha value is -3.25. The van der Waals surface area contributed by atoms with Crippen molar-refractivity contribution < 1.29 is 228 Å². The summed E-state index contributed by atoms with van der Waals surface area (Å²) in [5, 5.41) is 141. The molecule has 0 spiro atoms. The molecule has 6 fully saturated rings. The normalized spacial score (nSPS) is 41.7. The van der Waals surface area contributed by atoms with Crippen molar-refractivity contribution in [1.82, 2.24) is 14.2 Å². The van der Waals surface area contributed by atoms with Gasteiger partial charge < -0.3 is 123 Å². The number of carboxylic acids is 3. The van der Waals surface area contributed by atoms with Gasteiger partial charge in [-0.15, -0.1) is 0 Å². The van der Waals surface area contributed by atoms with Crippen LogP contribution in [0.5, 0.6) is 0 Å². The summed E-state index contributed by atoms with van der Waals surface area (Å²) in [6.07, 6.45) is -73.5. The highest BCUT2D eigenvalue weighted by Gasteiger charge is 2.62. The molecule has 0 radical (unpaired) electrons. The Labute approximate surface area is 537 Å². The third kappa shape index (κ3) is 20.7. The van der Waals surface area contributed by atoms with Gasteiger partial charge in [0, 0.05) is 6.61 Å². The predicted octanol–water partition coefficient (Wildman–Crippen LogP) is -15.1. The Morgan fingerprint density at radius 1 is 0.344 bits per heavy atom. The van der Waals surface area contributed by atoms with Crippen LogP contribution in [0.25, 0.3) is 0 Å². The number of nitrogens with one attached hydrogen (secondary N) is 3. The maximum absolute atomic E-state index is 13.0. The van der Waals surface area contributed by atoms with Crippen molar-refractivity contribution >= 4 is 80.0 Å². The van der Waals surface area contributed by atoms with Gasteiger partial charge in [-0.3, -0.25) is 27.3 Å². The molecule has 0 amide bonds. The summed E-state index contributed by atoms with van der Waals surface area (Å²) in [6.45, 7) is -3.65. The van der Waals surface area contributed by atoms with E-state index < -0.39 is 290 Å². The summed E-state index contributed by atoms with van der Waals surface area (Å²) in [4.78, 5) is 38.2. The lowest BCUT2D eigenvalue weighted by Crippen LogP contribution is -2.71. The number of carboxylic acid groups (broad SMARTS) is 3. The number of aliphatic hydroxyl groups excluding tert-OH is 10. The van der Waals surface area contributed by atoms with E-state index >= 15 is 0 Å². The van der Waals surface area contributed by atoms with Crippen LogP contribution in [0.15, 0.2) is 0 Å². The molecule has 6 aliphatic heterocycles. The minimum absolute atomic E-state index is 0.434. The summed E-state index contributed by atoms with van der Waals surface area (Å²) >= 11 is 0. The number of rotatable bonds is 30. The zero-order chi connectivity index (χ0) is 72.6. The second kappa shape index (κ2) is 32.0. The molecule has 30 atom stereocenters. The first kappa shape index (κ1) is 81.7. The molecule has 96 heavy (non-hydrogen) atoms. The first-order chi connectivity index (χ1) is 44.0. The van der Waals surface area contributed by atoms with Gasteiger partial charge in [0.25, 0.3) is 0 Å². The van der Waals surface area contributed by atoms with Crippen molar-refractivity contribution in [2.45, 2.75) is 191 Å². The monoisotopic (exact) mass is 1540 g/mol. The molecule has 0 unspecified atom stereocenters. The Balaban J connectivity index is 1.32. The van der Waals surface area contributed by atoms with Gasteiger partial charge in [0.05, 0.1) is 19.8 Å². The molecule has 560 valence electrons. The summed E-state index contributed by atoms with van der Waals surface area (Å²) in [7, 11) is -34.9. The van der Waals surface area contributed by atoms with E-state index in [9.17, 15) is 159 Å². The third-order valence-corrected chi connectivity index (χ3v) is 17.3. The van der Waals surface area contributed by atoms with Crippen LogP contribution in [0, 0.1) is 0 Å². The average Bonchev–Trinajstić information content (AvgIpc) is 0.768. The molecule has 58 heteroatoms. The van der Waals surface area contributed by atoms with Gasteiger partial charge >= 0.3 is 80.0 Å². The molecule has 0 aromatic heterocycles. The van der Waals surface area contributed by atoms with Crippen molar-refractivity contribution in [1.29, 1.82) is 0 Å². The van der Waals surface area contributed by atoms with Crippen LogP contribution in [0.4, 0.5) is 0 Å². The van der Waals surface area contributed by atoms with Gasteiger partial charge in [-0.2, -0.15) is 64.7 Å². The lowest BCUT2D eigenvalue weighted by atomic mass is 9.94. The van der Waals surface area contributed by atoms with Crippen LogP contribution in [-0.4, -0.2) is 373 Å². The lowest BCUT2D eigenvalue weighted by molar-refractivity contribution is -0.376. The van der Waals surface area contributed by atoms with Gasteiger partial charge in [-0.25, -0.2) is 26.9 Å². The molecule has 22 N–H and O–H groups in total. The van der Waals surface area contributed by atoms with Gasteiger partial charge in [-0.05, 0) is 6.92 Å². The molecular weight excluding hydrogens is 1470 g/mol. The number of aliphatic carboxylic acids is 3.